The van der Waals surface area contributed by atoms with Crippen molar-refractivity contribution in [2.45, 2.75) is 45.4 Å². The van der Waals surface area contributed by atoms with Gasteiger partial charge in [0.15, 0.2) is 0 Å². The molecule has 0 radical (unpaired) electrons. The minimum Gasteiger partial charge on any atom is -0.103 e. The first-order chi connectivity index (χ1) is 5.34. The van der Waals surface area contributed by atoms with Crippen LogP contribution in [0.1, 0.15) is 45.4 Å². The molecule has 0 nitrogen and oxygen atoms in total. The van der Waals surface area contributed by atoms with Gasteiger partial charge < -0.3 is 0 Å². The number of unbranched alkanes of at least 4 members (excludes halogenated alkanes) is 1. The van der Waals surface area contributed by atoms with Crippen molar-refractivity contribution < 1.29 is 0 Å². The van der Waals surface area contributed by atoms with Gasteiger partial charge in [-0.25, -0.2) is 0 Å². The van der Waals surface area contributed by atoms with E-state index < -0.39 is 0 Å². The van der Waals surface area contributed by atoms with Crippen LogP contribution >= 0.6 is 0 Å². The average Bonchev–Trinajstić information content (AvgIpc) is 2.37. The standard InChI is InChI=1S/C11H20/c1-3-4-5-8-11-9-6-7-10(11)2/h3,10-11H,1,4-9H2,2H3. The summed E-state index contributed by atoms with van der Waals surface area (Å²) in [4.78, 5) is 0. The van der Waals surface area contributed by atoms with Crippen molar-refractivity contribution in [3.8, 4) is 0 Å². The Balaban J connectivity index is 2.10. The summed E-state index contributed by atoms with van der Waals surface area (Å²) >= 11 is 0. The highest BCUT2D eigenvalue weighted by Gasteiger charge is 2.21. The molecule has 64 valence electrons. The van der Waals surface area contributed by atoms with Gasteiger partial charge in [-0.1, -0.05) is 32.3 Å². The van der Waals surface area contributed by atoms with Crippen LogP contribution in [0.25, 0.3) is 0 Å². The predicted octanol–water partition coefficient (Wildman–Crippen LogP) is 3.78. The van der Waals surface area contributed by atoms with Gasteiger partial charge in [-0.3, -0.25) is 0 Å². The summed E-state index contributed by atoms with van der Waals surface area (Å²) in [6.07, 6.45) is 10.5. The maximum atomic E-state index is 3.74. The minimum absolute atomic E-state index is 1.000. The fourth-order valence-corrected chi connectivity index (χ4v) is 2.18. The average molecular weight is 152 g/mol. The molecule has 11 heavy (non-hydrogen) atoms. The molecular formula is C11H20. The van der Waals surface area contributed by atoms with Gasteiger partial charge in [0, 0.05) is 0 Å². The highest BCUT2D eigenvalue weighted by atomic mass is 14.3. The maximum absolute atomic E-state index is 3.74. The van der Waals surface area contributed by atoms with E-state index in [2.05, 4.69) is 13.5 Å². The molecular weight excluding hydrogens is 132 g/mol. The first kappa shape index (κ1) is 8.83. The monoisotopic (exact) mass is 152 g/mol. The van der Waals surface area contributed by atoms with Crippen LogP contribution in [0.5, 0.6) is 0 Å². The molecule has 1 saturated carbocycles. The smallest absolute Gasteiger partial charge is 0.0353 e. The van der Waals surface area contributed by atoms with Crippen LogP contribution in [0.15, 0.2) is 12.7 Å². The maximum Gasteiger partial charge on any atom is -0.0353 e. The van der Waals surface area contributed by atoms with Crippen LogP contribution in [-0.2, 0) is 0 Å². The van der Waals surface area contributed by atoms with Crippen LogP contribution in [0, 0.1) is 11.8 Å². The topological polar surface area (TPSA) is 0 Å². The molecule has 0 aromatic heterocycles. The summed E-state index contributed by atoms with van der Waals surface area (Å²) in [6, 6.07) is 0. The number of rotatable bonds is 4. The molecule has 0 heteroatoms. The first-order valence-electron chi connectivity index (χ1n) is 4.95. The van der Waals surface area contributed by atoms with Crippen molar-refractivity contribution in [2.75, 3.05) is 0 Å². The van der Waals surface area contributed by atoms with Gasteiger partial charge in [0.2, 0.25) is 0 Å². The molecule has 0 aromatic carbocycles. The van der Waals surface area contributed by atoms with E-state index in [9.17, 15) is 0 Å². The Morgan fingerprint density at radius 1 is 1.45 bits per heavy atom. The molecule has 0 bridgehead atoms. The fourth-order valence-electron chi connectivity index (χ4n) is 2.18. The Kier molecular flexibility index (Phi) is 3.68. The largest absolute Gasteiger partial charge is 0.103 e. The van der Waals surface area contributed by atoms with Crippen molar-refractivity contribution in [3.63, 3.8) is 0 Å². The van der Waals surface area contributed by atoms with E-state index in [0.29, 0.717) is 0 Å². The van der Waals surface area contributed by atoms with E-state index >= 15 is 0 Å². The van der Waals surface area contributed by atoms with Gasteiger partial charge >= 0.3 is 0 Å². The zero-order valence-electron chi connectivity index (χ0n) is 7.68. The molecule has 1 fully saturated rings. The highest BCUT2D eigenvalue weighted by molar-refractivity contribution is 4.75. The fraction of sp³-hybridized carbons (Fsp3) is 0.818. The van der Waals surface area contributed by atoms with Crippen LogP contribution < -0.4 is 0 Å². The zero-order valence-corrected chi connectivity index (χ0v) is 7.68. The molecule has 1 rings (SSSR count). The molecule has 1 aliphatic rings. The Bertz CT molecular complexity index is 115. The van der Waals surface area contributed by atoms with Crippen molar-refractivity contribution in [1.29, 1.82) is 0 Å². The molecule has 1 aliphatic carbocycles. The third-order valence-electron chi connectivity index (χ3n) is 3.02. The lowest BCUT2D eigenvalue weighted by molar-refractivity contribution is 0.383. The van der Waals surface area contributed by atoms with E-state index in [1.54, 1.807) is 0 Å². The van der Waals surface area contributed by atoms with E-state index in [-0.39, 0.29) is 0 Å². The lowest BCUT2D eigenvalue weighted by Crippen LogP contribution is -2.02. The van der Waals surface area contributed by atoms with Crippen molar-refractivity contribution >= 4 is 0 Å². The van der Waals surface area contributed by atoms with Gasteiger partial charge in [-0.15, -0.1) is 6.58 Å². The summed E-state index contributed by atoms with van der Waals surface area (Å²) in [7, 11) is 0. The van der Waals surface area contributed by atoms with E-state index in [1.807, 2.05) is 6.08 Å². The van der Waals surface area contributed by atoms with Gasteiger partial charge in [-0.05, 0) is 31.1 Å². The van der Waals surface area contributed by atoms with Gasteiger partial charge in [0.25, 0.3) is 0 Å². The summed E-state index contributed by atoms with van der Waals surface area (Å²) < 4.78 is 0. The third-order valence-corrected chi connectivity index (χ3v) is 3.02. The lowest BCUT2D eigenvalue weighted by Gasteiger charge is -2.13. The molecule has 0 saturated heterocycles. The predicted molar refractivity (Wildman–Crippen MR) is 50.6 cm³/mol. The van der Waals surface area contributed by atoms with E-state index in [4.69, 9.17) is 0 Å². The molecule has 0 heterocycles. The molecule has 2 atom stereocenters. The normalized spacial score (nSPS) is 30.6. The summed E-state index contributed by atoms with van der Waals surface area (Å²) in [5.41, 5.74) is 0. The molecule has 2 unspecified atom stereocenters. The van der Waals surface area contributed by atoms with Gasteiger partial charge in [-0.2, -0.15) is 0 Å². The molecule has 0 aliphatic heterocycles. The molecule has 0 N–H and O–H groups in total. The van der Waals surface area contributed by atoms with Gasteiger partial charge in [0.05, 0.1) is 0 Å². The molecule has 0 aromatic rings. The van der Waals surface area contributed by atoms with Crippen molar-refractivity contribution in [3.05, 3.63) is 12.7 Å². The van der Waals surface area contributed by atoms with Crippen LogP contribution in [0.4, 0.5) is 0 Å². The number of hydrogen-bond donors (Lipinski definition) is 0. The number of allylic oxidation sites excluding steroid dienone is 1. The summed E-state index contributed by atoms with van der Waals surface area (Å²) in [6.45, 7) is 6.15. The summed E-state index contributed by atoms with van der Waals surface area (Å²) in [5, 5.41) is 0. The van der Waals surface area contributed by atoms with E-state index in [0.717, 1.165) is 11.8 Å². The van der Waals surface area contributed by atoms with Gasteiger partial charge in [0.1, 0.15) is 0 Å². The summed E-state index contributed by atoms with van der Waals surface area (Å²) in [5.74, 6) is 2.04. The van der Waals surface area contributed by atoms with Crippen LogP contribution in [-0.4, -0.2) is 0 Å². The Hall–Kier alpha value is -0.260. The molecule has 0 amide bonds. The second kappa shape index (κ2) is 4.58. The Morgan fingerprint density at radius 2 is 2.27 bits per heavy atom. The quantitative estimate of drug-likeness (QED) is 0.425. The Labute approximate surface area is 70.7 Å². The van der Waals surface area contributed by atoms with Crippen LogP contribution in [0.2, 0.25) is 0 Å². The highest BCUT2D eigenvalue weighted by Crippen LogP contribution is 2.34. The second-order valence-electron chi connectivity index (χ2n) is 3.89. The van der Waals surface area contributed by atoms with Crippen molar-refractivity contribution in [1.82, 2.24) is 0 Å². The molecule has 0 spiro atoms. The number of hydrogen-bond acceptors (Lipinski definition) is 0. The first-order valence-corrected chi connectivity index (χ1v) is 4.95. The van der Waals surface area contributed by atoms with Crippen molar-refractivity contribution in [2.24, 2.45) is 11.8 Å². The lowest BCUT2D eigenvalue weighted by atomic mass is 9.93. The second-order valence-corrected chi connectivity index (χ2v) is 3.89. The van der Waals surface area contributed by atoms with E-state index in [1.165, 1.54) is 38.5 Å². The van der Waals surface area contributed by atoms with Crippen LogP contribution in [0.3, 0.4) is 0 Å². The minimum atomic E-state index is 1.000. The third kappa shape index (κ3) is 2.69. The SMILES string of the molecule is C=CCCCC1CCCC1C. The zero-order chi connectivity index (χ0) is 8.10. The Morgan fingerprint density at radius 3 is 2.82 bits per heavy atom.